The lowest BCUT2D eigenvalue weighted by Gasteiger charge is -2.10. The summed E-state index contributed by atoms with van der Waals surface area (Å²) in [5.41, 5.74) is 6.86. The van der Waals surface area contributed by atoms with Crippen LogP contribution in [0.25, 0.3) is 0 Å². The second-order valence-electron chi connectivity index (χ2n) is 4.03. The molecular weight excluding hydrogens is 314 g/mol. The van der Waals surface area contributed by atoms with Gasteiger partial charge in [0.15, 0.2) is 0 Å². The highest BCUT2D eigenvalue weighted by Crippen LogP contribution is 2.31. The lowest BCUT2D eigenvalue weighted by Crippen LogP contribution is -2.04. The molecule has 2 N–H and O–H groups in total. The average Bonchev–Trinajstić information content (AvgIpc) is 2.33. The van der Waals surface area contributed by atoms with E-state index in [2.05, 4.69) is 15.9 Å². The van der Waals surface area contributed by atoms with Gasteiger partial charge < -0.3 is 10.5 Å². The zero-order valence-corrected chi connectivity index (χ0v) is 12.2. The van der Waals surface area contributed by atoms with Gasteiger partial charge in [-0.05, 0) is 42.8 Å². The predicted molar refractivity (Wildman–Crippen MR) is 78.3 cm³/mol. The van der Waals surface area contributed by atoms with Crippen LogP contribution in [0.5, 0.6) is 11.5 Å². The molecule has 0 aliphatic carbocycles. The van der Waals surface area contributed by atoms with Crippen molar-refractivity contribution in [2.45, 2.75) is 13.0 Å². The van der Waals surface area contributed by atoms with Gasteiger partial charge in [-0.2, -0.15) is 0 Å². The molecule has 2 aromatic carbocycles. The molecular formula is C14H13BrClNO. The van der Waals surface area contributed by atoms with Crippen molar-refractivity contribution in [3.05, 3.63) is 57.5 Å². The Bertz CT molecular complexity index is 540. The third kappa shape index (κ3) is 3.25. The van der Waals surface area contributed by atoms with E-state index in [-0.39, 0.29) is 6.04 Å². The molecule has 94 valence electrons. The van der Waals surface area contributed by atoms with Crippen molar-refractivity contribution in [1.29, 1.82) is 0 Å². The summed E-state index contributed by atoms with van der Waals surface area (Å²) in [6.45, 7) is 1.95. The minimum absolute atomic E-state index is 0.0234. The molecule has 0 aromatic heterocycles. The van der Waals surface area contributed by atoms with Gasteiger partial charge in [0.2, 0.25) is 0 Å². The minimum atomic E-state index is 0.0234. The van der Waals surface area contributed by atoms with Crippen LogP contribution in [0.2, 0.25) is 5.02 Å². The van der Waals surface area contributed by atoms with Gasteiger partial charge in [0.05, 0.1) is 5.02 Å². The Hall–Kier alpha value is -1.03. The molecule has 0 saturated carbocycles. The van der Waals surface area contributed by atoms with E-state index in [1.165, 1.54) is 0 Å². The quantitative estimate of drug-likeness (QED) is 0.869. The van der Waals surface area contributed by atoms with E-state index in [9.17, 15) is 0 Å². The molecule has 0 heterocycles. The molecule has 0 saturated heterocycles. The Balaban J connectivity index is 2.18. The van der Waals surface area contributed by atoms with Crippen LogP contribution in [0, 0.1) is 0 Å². The third-order valence-corrected chi connectivity index (χ3v) is 3.32. The highest BCUT2D eigenvalue weighted by molar-refractivity contribution is 9.10. The van der Waals surface area contributed by atoms with Crippen molar-refractivity contribution in [2.75, 3.05) is 0 Å². The Morgan fingerprint density at radius 3 is 2.39 bits per heavy atom. The molecule has 18 heavy (non-hydrogen) atoms. The molecule has 2 nitrogen and oxygen atoms in total. The van der Waals surface area contributed by atoms with Crippen LogP contribution < -0.4 is 10.5 Å². The molecule has 2 aromatic rings. The lowest BCUT2D eigenvalue weighted by molar-refractivity contribution is 0.482. The average molecular weight is 327 g/mol. The first-order valence-corrected chi connectivity index (χ1v) is 6.72. The van der Waals surface area contributed by atoms with Gasteiger partial charge in [0, 0.05) is 10.5 Å². The van der Waals surface area contributed by atoms with Gasteiger partial charge in [-0.15, -0.1) is 0 Å². The van der Waals surface area contributed by atoms with Gasteiger partial charge in [-0.3, -0.25) is 0 Å². The lowest BCUT2D eigenvalue weighted by atomic mass is 10.1. The molecule has 0 fully saturated rings. The number of hydrogen-bond donors (Lipinski definition) is 1. The van der Waals surface area contributed by atoms with E-state index >= 15 is 0 Å². The van der Waals surface area contributed by atoms with Crippen molar-refractivity contribution < 1.29 is 4.74 Å². The number of halogens is 2. The van der Waals surface area contributed by atoms with Gasteiger partial charge >= 0.3 is 0 Å². The Kier molecular flexibility index (Phi) is 4.27. The topological polar surface area (TPSA) is 35.2 Å². The number of ether oxygens (including phenoxy) is 1. The van der Waals surface area contributed by atoms with E-state index in [4.69, 9.17) is 22.1 Å². The fraction of sp³-hybridized carbons (Fsp3) is 0.143. The summed E-state index contributed by atoms with van der Waals surface area (Å²) in [6.07, 6.45) is 0. The van der Waals surface area contributed by atoms with E-state index in [0.29, 0.717) is 10.8 Å². The van der Waals surface area contributed by atoms with Gasteiger partial charge in [-0.1, -0.05) is 39.7 Å². The Morgan fingerprint density at radius 2 is 1.83 bits per heavy atom. The van der Waals surface area contributed by atoms with Crippen molar-refractivity contribution in [2.24, 2.45) is 5.73 Å². The normalized spacial score (nSPS) is 12.2. The number of nitrogens with two attached hydrogens (primary N) is 1. The summed E-state index contributed by atoms with van der Waals surface area (Å²) in [6, 6.07) is 13.2. The SMILES string of the molecule is C[C@@H](N)c1ccc(Oc2ccc(Br)cc2Cl)cc1. The molecule has 0 bridgehead atoms. The van der Waals surface area contributed by atoms with Crippen LogP contribution in [-0.2, 0) is 0 Å². The summed E-state index contributed by atoms with van der Waals surface area (Å²) in [4.78, 5) is 0. The number of hydrogen-bond acceptors (Lipinski definition) is 2. The second kappa shape index (κ2) is 5.74. The largest absolute Gasteiger partial charge is 0.456 e. The third-order valence-electron chi connectivity index (χ3n) is 2.53. The molecule has 0 spiro atoms. The summed E-state index contributed by atoms with van der Waals surface area (Å²) >= 11 is 9.44. The zero-order valence-electron chi connectivity index (χ0n) is 9.86. The Morgan fingerprint density at radius 1 is 1.17 bits per heavy atom. The van der Waals surface area contributed by atoms with Crippen molar-refractivity contribution in [3.63, 3.8) is 0 Å². The summed E-state index contributed by atoms with van der Waals surface area (Å²) in [5, 5.41) is 0.570. The first kappa shape index (κ1) is 13.4. The molecule has 4 heteroatoms. The predicted octanol–water partition coefficient (Wildman–Crippen LogP) is 4.91. The summed E-state index contributed by atoms with van der Waals surface area (Å²) < 4.78 is 6.63. The van der Waals surface area contributed by atoms with E-state index in [1.807, 2.05) is 43.3 Å². The number of benzene rings is 2. The standard InChI is InChI=1S/C14H13BrClNO/c1-9(17)10-2-5-12(6-3-10)18-14-7-4-11(15)8-13(14)16/h2-9H,17H2,1H3/t9-/m1/s1. The van der Waals surface area contributed by atoms with Gasteiger partial charge in [-0.25, -0.2) is 0 Å². The van der Waals surface area contributed by atoms with Crippen molar-refractivity contribution in [3.8, 4) is 11.5 Å². The first-order valence-electron chi connectivity index (χ1n) is 5.54. The summed E-state index contributed by atoms with van der Waals surface area (Å²) in [5.74, 6) is 1.37. The van der Waals surface area contributed by atoms with Gasteiger partial charge in [0.25, 0.3) is 0 Å². The molecule has 0 unspecified atom stereocenters. The number of rotatable bonds is 3. The fourth-order valence-electron chi connectivity index (χ4n) is 1.52. The first-order chi connectivity index (χ1) is 8.56. The van der Waals surface area contributed by atoms with Crippen LogP contribution in [0.4, 0.5) is 0 Å². The molecule has 0 aliphatic rings. The van der Waals surface area contributed by atoms with Crippen LogP contribution in [0.1, 0.15) is 18.5 Å². The Labute approximate surface area is 120 Å². The smallest absolute Gasteiger partial charge is 0.146 e. The van der Waals surface area contributed by atoms with Crippen molar-refractivity contribution in [1.82, 2.24) is 0 Å². The molecule has 2 rings (SSSR count). The van der Waals surface area contributed by atoms with E-state index in [0.717, 1.165) is 15.8 Å². The van der Waals surface area contributed by atoms with E-state index in [1.54, 1.807) is 6.07 Å². The zero-order chi connectivity index (χ0) is 13.1. The van der Waals surface area contributed by atoms with Crippen LogP contribution in [-0.4, -0.2) is 0 Å². The van der Waals surface area contributed by atoms with Crippen molar-refractivity contribution >= 4 is 27.5 Å². The summed E-state index contributed by atoms with van der Waals surface area (Å²) in [7, 11) is 0. The molecule has 0 radical (unpaired) electrons. The van der Waals surface area contributed by atoms with Crippen LogP contribution in [0.3, 0.4) is 0 Å². The molecule has 0 amide bonds. The second-order valence-corrected chi connectivity index (χ2v) is 5.36. The maximum absolute atomic E-state index is 6.09. The van der Waals surface area contributed by atoms with Crippen LogP contribution >= 0.6 is 27.5 Å². The minimum Gasteiger partial charge on any atom is -0.456 e. The highest BCUT2D eigenvalue weighted by Gasteiger charge is 2.04. The maximum Gasteiger partial charge on any atom is 0.146 e. The monoisotopic (exact) mass is 325 g/mol. The van der Waals surface area contributed by atoms with Gasteiger partial charge in [0.1, 0.15) is 11.5 Å². The molecule has 0 aliphatic heterocycles. The maximum atomic E-state index is 6.09. The van der Waals surface area contributed by atoms with Crippen LogP contribution in [0.15, 0.2) is 46.9 Å². The molecule has 1 atom stereocenters. The van der Waals surface area contributed by atoms with E-state index < -0.39 is 0 Å². The highest BCUT2D eigenvalue weighted by atomic mass is 79.9. The fourth-order valence-corrected chi connectivity index (χ4v) is 2.24.